The van der Waals surface area contributed by atoms with Gasteiger partial charge in [0.25, 0.3) is 10.0 Å². The highest BCUT2D eigenvalue weighted by molar-refractivity contribution is 7.92. The molecule has 3 N–H and O–H groups in total. The van der Waals surface area contributed by atoms with Gasteiger partial charge in [-0.15, -0.1) is 0 Å². The molecule has 1 heterocycles. The Bertz CT molecular complexity index is 1590. The van der Waals surface area contributed by atoms with Crippen LogP contribution in [-0.4, -0.2) is 57.5 Å². The quantitative estimate of drug-likeness (QED) is 0.230. The van der Waals surface area contributed by atoms with Gasteiger partial charge in [-0.25, -0.2) is 13.2 Å². The minimum absolute atomic E-state index is 0.0985. The van der Waals surface area contributed by atoms with Crippen molar-refractivity contribution >= 4 is 32.7 Å². The van der Waals surface area contributed by atoms with E-state index in [1.807, 2.05) is 42.5 Å². The smallest absolute Gasteiger partial charge is 0.394 e. The maximum atomic E-state index is 13.9. The molecule has 0 spiro atoms. The summed E-state index contributed by atoms with van der Waals surface area (Å²) in [6.07, 6.45) is -0.724. The highest BCUT2D eigenvalue weighted by Gasteiger charge is 2.27. The Hall–Kier alpha value is -3.86. The molecule has 0 aliphatic rings. The van der Waals surface area contributed by atoms with E-state index in [0.717, 1.165) is 11.1 Å². The van der Waals surface area contributed by atoms with Crippen LogP contribution < -0.4 is 14.4 Å². The fourth-order valence-corrected chi connectivity index (χ4v) is 5.90. The van der Waals surface area contributed by atoms with E-state index in [4.69, 9.17) is 9.47 Å². The number of aliphatic hydroxyl groups is 1. The number of hydrogen-bond acceptors (Lipinski definition) is 6. The van der Waals surface area contributed by atoms with Crippen molar-refractivity contribution in [3.63, 3.8) is 0 Å². The molecule has 10 heteroatoms. The Balaban J connectivity index is 1.82. The van der Waals surface area contributed by atoms with E-state index in [-0.39, 0.29) is 35.9 Å². The largest absolute Gasteiger partial charge is 0.414 e. The summed E-state index contributed by atoms with van der Waals surface area (Å²) in [6.45, 7) is 7.94. The molecule has 0 saturated heterocycles. The van der Waals surface area contributed by atoms with Gasteiger partial charge in [-0.3, -0.25) is 4.31 Å². The monoisotopic (exact) mass is 579 g/mol. The molecule has 0 aliphatic heterocycles. The van der Waals surface area contributed by atoms with E-state index in [1.165, 1.54) is 11.4 Å². The van der Waals surface area contributed by atoms with Crippen molar-refractivity contribution < 1.29 is 27.8 Å². The van der Waals surface area contributed by atoms with Crippen LogP contribution >= 0.6 is 0 Å². The fourth-order valence-electron chi connectivity index (χ4n) is 4.46. The van der Waals surface area contributed by atoms with Gasteiger partial charge in [0, 0.05) is 18.0 Å². The average molecular weight is 580 g/mol. The molecule has 1 aromatic heterocycles. The molecule has 218 valence electrons. The standard InChI is InChI=1S/C31H37N3O6S/c1-21(20-35)32-30(36)40-29-28(22-9-7-6-8-10-22)26-19-24(13-16-27(26)33-29)34(17-18-39-5)41(37,38)25-14-11-23(12-15-25)31(2,3)4/h6-16,19,21,33,35H,17-18,20H2,1-5H3,(H,32,36). The zero-order valence-corrected chi connectivity index (χ0v) is 24.8. The minimum Gasteiger partial charge on any atom is -0.394 e. The first-order valence-electron chi connectivity index (χ1n) is 13.4. The van der Waals surface area contributed by atoms with Crippen LogP contribution in [0.2, 0.25) is 0 Å². The number of methoxy groups -OCH3 is 1. The van der Waals surface area contributed by atoms with Crippen molar-refractivity contribution in [2.75, 3.05) is 31.2 Å². The van der Waals surface area contributed by atoms with Gasteiger partial charge in [-0.1, -0.05) is 63.2 Å². The van der Waals surface area contributed by atoms with Gasteiger partial charge < -0.3 is 24.9 Å². The minimum atomic E-state index is -3.94. The number of carbonyl (C=O) groups excluding carboxylic acids is 1. The third kappa shape index (κ3) is 6.73. The molecule has 3 aromatic carbocycles. The molecule has 0 bridgehead atoms. The zero-order chi connectivity index (χ0) is 29.8. The van der Waals surface area contributed by atoms with Crippen LogP contribution in [0.15, 0.2) is 77.7 Å². The van der Waals surface area contributed by atoms with Crippen molar-refractivity contribution in [2.45, 2.75) is 44.0 Å². The first kappa shape index (κ1) is 30.1. The number of fused-ring (bicyclic) bond motifs is 1. The van der Waals surface area contributed by atoms with Crippen LogP contribution in [0.5, 0.6) is 5.88 Å². The summed E-state index contributed by atoms with van der Waals surface area (Å²) in [6, 6.07) is 21.1. The Labute approximate surface area is 241 Å². The third-order valence-corrected chi connectivity index (χ3v) is 8.58. The topological polar surface area (TPSA) is 121 Å². The van der Waals surface area contributed by atoms with Crippen LogP contribution in [0.3, 0.4) is 0 Å². The maximum Gasteiger partial charge on any atom is 0.414 e. The molecule has 9 nitrogen and oxygen atoms in total. The summed E-state index contributed by atoms with van der Waals surface area (Å²) in [7, 11) is -2.41. The van der Waals surface area contributed by atoms with Gasteiger partial charge in [0.15, 0.2) is 0 Å². The van der Waals surface area contributed by atoms with Crippen LogP contribution in [-0.2, 0) is 20.2 Å². The summed E-state index contributed by atoms with van der Waals surface area (Å²) < 4.78 is 40.1. The summed E-state index contributed by atoms with van der Waals surface area (Å²) in [5.41, 5.74) is 3.40. The van der Waals surface area contributed by atoms with Gasteiger partial charge in [-0.2, -0.15) is 0 Å². The van der Waals surface area contributed by atoms with Crippen molar-refractivity contribution in [1.82, 2.24) is 10.3 Å². The van der Waals surface area contributed by atoms with E-state index in [0.29, 0.717) is 22.2 Å². The van der Waals surface area contributed by atoms with Gasteiger partial charge in [0.05, 0.1) is 41.9 Å². The van der Waals surface area contributed by atoms with E-state index < -0.39 is 22.2 Å². The summed E-state index contributed by atoms with van der Waals surface area (Å²) in [5.74, 6) is 0.204. The molecule has 0 fully saturated rings. The number of benzene rings is 3. The molecular formula is C31H37N3O6S. The van der Waals surface area contributed by atoms with Crippen LogP contribution in [0, 0.1) is 0 Å². The van der Waals surface area contributed by atoms with Crippen molar-refractivity contribution in [3.8, 4) is 17.0 Å². The lowest BCUT2D eigenvalue weighted by Gasteiger charge is -2.25. The Morgan fingerprint density at radius 3 is 2.34 bits per heavy atom. The van der Waals surface area contributed by atoms with E-state index in [2.05, 4.69) is 31.1 Å². The number of H-pyrrole nitrogens is 1. The average Bonchev–Trinajstić information content (AvgIpc) is 3.29. The summed E-state index contributed by atoms with van der Waals surface area (Å²) >= 11 is 0. The van der Waals surface area contributed by atoms with Gasteiger partial charge in [0.2, 0.25) is 5.88 Å². The zero-order valence-electron chi connectivity index (χ0n) is 24.0. The highest BCUT2D eigenvalue weighted by Crippen LogP contribution is 2.40. The second-order valence-electron chi connectivity index (χ2n) is 10.9. The lowest BCUT2D eigenvalue weighted by Crippen LogP contribution is -2.37. The van der Waals surface area contributed by atoms with Gasteiger partial charge in [-0.05, 0) is 53.8 Å². The number of nitrogens with zero attached hydrogens (tertiary/aromatic N) is 1. The van der Waals surface area contributed by atoms with Crippen LogP contribution in [0.25, 0.3) is 22.0 Å². The lowest BCUT2D eigenvalue weighted by molar-refractivity contribution is 0.184. The molecule has 41 heavy (non-hydrogen) atoms. The second-order valence-corrected chi connectivity index (χ2v) is 12.7. The van der Waals surface area contributed by atoms with Gasteiger partial charge >= 0.3 is 6.09 Å². The number of anilines is 1. The Kier molecular flexibility index (Phi) is 9.06. The molecule has 1 unspecified atom stereocenters. The number of hydrogen-bond donors (Lipinski definition) is 3. The van der Waals surface area contributed by atoms with E-state index >= 15 is 0 Å². The normalized spacial score (nSPS) is 12.7. The molecule has 1 amide bonds. The Morgan fingerprint density at radius 1 is 1.05 bits per heavy atom. The molecular weight excluding hydrogens is 542 g/mol. The van der Waals surface area contributed by atoms with Crippen LogP contribution in [0.4, 0.5) is 10.5 Å². The number of ether oxygens (including phenoxy) is 2. The number of aromatic amines is 1. The summed E-state index contributed by atoms with van der Waals surface area (Å²) in [4.78, 5) is 15.9. The highest BCUT2D eigenvalue weighted by atomic mass is 32.2. The molecule has 0 saturated carbocycles. The van der Waals surface area contributed by atoms with Gasteiger partial charge in [0.1, 0.15) is 0 Å². The maximum absolute atomic E-state index is 13.9. The number of aliphatic hydroxyl groups excluding tert-OH is 1. The number of nitrogens with one attached hydrogen (secondary N) is 2. The first-order chi connectivity index (χ1) is 19.5. The molecule has 1 atom stereocenters. The van der Waals surface area contributed by atoms with Crippen molar-refractivity contribution in [3.05, 3.63) is 78.4 Å². The van der Waals surface area contributed by atoms with E-state index in [9.17, 15) is 18.3 Å². The first-order valence-corrected chi connectivity index (χ1v) is 14.8. The van der Waals surface area contributed by atoms with E-state index in [1.54, 1.807) is 37.3 Å². The molecule has 4 aromatic rings. The number of amides is 1. The Morgan fingerprint density at radius 2 is 1.73 bits per heavy atom. The fraction of sp³-hybridized carbons (Fsp3) is 0.323. The summed E-state index contributed by atoms with van der Waals surface area (Å²) in [5, 5.41) is 12.5. The predicted molar refractivity (Wildman–Crippen MR) is 161 cm³/mol. The van der Waals surface area contributed by atoms with Crippen molar-refractivity contribution in [1.29, 1.82) is 0 Å². The lowest BCUT2D eigenvalue weighted by atomic mass is 9.87. The number of rotatable bonds is 10. The molecule has 0 aliphatic carbocycles. The van der Waals surface area contributed by atoms with Crippen LogP contribution in [0.1, 0.15) is 33.3 Å². The molecule has 0 radical (unpaired) electrons. The third-order valence-electron chi connectivity index (χ3n) is 6.74. The number of sulfonamides is 1. The predicted octanol–water partition coefficient (Wildman–Crippen LogP) is 5.44. The molecule has 4 rings (SSSR count). The van der Waals surface area contributed by atoms with Crippen molar-refractivity contribution in [2.24, 2.45) is 0 Å². The second kappa shape index (κ2) is 12.3. The SMILES string of the molecule is COCCN(c1ccc2[nH]c(OC(=O)NC(C)CO)c(-c3ccccc3)c2c1)S(=O)(=O)c1ccc(C(C)(C)C)cc1. The number of aromatic nitrogens is 1. The number of carbonyl (C=O) groups is 1.